The molecule has 0 aromatic heterocycles. The lowest BCUT2D eigenvalue weighted by molar-refractivity contribution is 0.0678. The molecule has 0 atom stereocenters. The van der Waals surface area contributed by atoms with Crippen molar-refractivity contribution >= 4 is 11.9 Å². The minimum Gasteiger partial charge on any atom is -0.508 e. The summed E-state index contributed by atoms with van der Waals surface area (Å²) < 4.78 is 0. The van der Waals surface area contributed by atoms with E-state index in [4.69, 9.17) is 0 Å². The Bertz CT molecular complexity index is 1100. The van der Waals surface area contributed by atoms with E-state index in [0.29, 0.717) is 0 Å². The molecule has 0 heterocycles. The predicted octanol–water partition coefficient (Wildman–Crippen LogP) is 2.79. The number of hydrogen-bond donors (Lipinski definition) is 7. The average Bonchev–Trinajstić information content (AvgIpc) is 2.65. The maximum atomic E-state index is 11.5. The number of aromatic hydroxyl groups is 5. The first-order valence-corrected chi connectivity index (χ1v) is 8.48. The van der Waals surface area contributed by atoms with Crippen LogP contribution in [-0.4, -0.2) is 47.7 Å². The van der Waals surface area contributed by atoms with E-state index in [1.165, 1.54) is 36.4 Å². The first-order valence-electron chi connectivity index (χ1n) is 8.48. The molecule has 0 radical (unpaired) electrons. The zero-order valence-corrected chi connectivity index (χ0v) is 15.1. The van der Waals surface area contributed by atoms with E-state index in [9.17, 15) is 45.3 Å². The number of hydrogen-bond acceptors (Lipinski definition) is 7. The Morgan fingerprint density at radius 1 is 0.667 bits per heavy atom. The molecule has 9 nitrogen and oxygen atoms in total. The van der Waals surface area contributed by atoms with Crippen LogP contribution in [0.25, 0.3) is 0 Å². The zero-order chi connectivity index (χ0) is 22.2. The topological polar surface area (TPSA) is 176 Å². The second-order valence-corrected chi connectivity index (χ2v) is 6.43. The first kappa shape index (κ1) is 20.3. The van der Waals surface area contributed by atoms with Gasteiger partial charge < -0.3 is 35.7 Å². The van der Waals surface area contributed by atoms with Crippen LogP contribution in [0.5, 0.6) is 28.7 Å². The summed E-state index contributed by atoms with van der Waals surface area (Å²) >= 11 is 0. The van der Waals surface area contributed by atoms with Crippen molar-refractivity contribution in [3.05, 3.63) is 76.3 Å². The maximum absolute atomic E-state index is 11.5. The lowest BCUT2D eigenvalue weighted by Crippen LogP contribution is -2.09. The van der Waals surface area contributed by atoms with Gasteiger partial charge in [0, 0.05) is 17.0 Å². The smallest absolute Gasteiger partial charge is 0.343 e. The van der Waals surface area contributed by atoms with Gasteiger partial charge in [0.1, 0.15) is 39.9 Å². The van der Waals surface area contributed by atoms with E-state index in [2.05, 4.69) is 0 Å². The number of rotatable bonds is 5. The van der Waals surface area contributed by atoms with Gasteiger partial charge in [0.15, 0.2) is 0 Å². The zero-order valence-electron chi connectivity index (χ0n) is 15.1. The van der Waals surface area contributed by atoms with Gasteiger partial charge in [-0.2, -0.15) is 0 Å². The van der Waals surface area contributed by atoms with Gasteiger partial charge in [-0.3, -0.25) is 0 Å². The van der Waals surface area contributed by atoms with Gasteiger partial charge in [0.25, 0.3) is 0 Å². The maximum Gasteiger partial charge on any atom is 0.343 e. The molecule has 7 N–H and O–H groups in total. The average molecular weight is 412 g/mol. The highest BCUT2D eigenvalue weighted by Crippen LogP contribution is 2.46. The third-order valence-electron chi connectivity index (χ3n) is 4.63. The monoisotopic (exact) mass is 412 g/mol. The van der Waals surface area contributed by atoms with Crippen molar-refractivity contribution in [3.63, 3.8) is 0 Å². The van der Waals surface area contributed by atoms with Crippen molar-refractivity contribution in [2.45, 2.75) is 5.92 Å². The quantitative estimate of drug-likeness (QED) is 0.311. The van der Waals surface area contributed by atoms with Gasteiger partial charge in [0.05, 0.1) is 0 Å². The summed E-state index contributed by atoms with van der Waals surface area (Å²) in [4.78, 5) is 23.0. The van der Waals surface area contributed by atoms with Crippen LogP contribution in [0.2, 0.25) is 0 Å². The van der Waals surface area contributed by atoms with Crippen LogP contribution in [-0.2, 0) is 0 Å². The molecule has 3 aromatic carbocycles. The third-order valence-corrected chi connectivity index (χ3v) is 4.63. The summed E-state index contributed by atoms with van der Waals surface area (Å²) in [6, 6.07) is 10.1. The van der Waals surface area contributed by atoms with E-state index in [1.807, 2.05) is 0 Å². The number of carboxylic acids is 2. The van der Waals surface area contributed by atoms with Gasteiger partial charge >= 0.3 is 11.9 Å². The van der Waals surface area contributed by atoms with E-state index in [1.54, 1.807) is 0 Å². The Hall–Kier alpha value is -4.40. The van der Waals surface area contributed by atoms with E-state index in [0.717, 1.165) is 12.1 Å². The molecular weight excluding hydrogens is 396 g/mol. The second kappa shape index (κ2) is 7.55. The SMILES string of the molecule is O=C(O)c1c(O)ccc(C(c2cccc(O)c2)c2ccc(O)c(C(=O)O)c2O)c1O. The van der Waals surface area contributed by atoms with Crippen molar-refractivity contribution < 1.29 is 45.3 Å². The Balaban J connectivity index is 2.39. The van der Waals surface area contributed by atoms with Crippen LogP contribution >= 0.6 is 0 Å². The van der Waals surface area contributed by atoms with Crippen LogP contribution in [0.1, 0.15) is 43.3 Å². The van der Waals surface area contributed by atoms with E-state index < -0.39 is 52.0 Å². The molecule has 0 aliphatic heterocycles. The number of benzene rings is 3. The lowest BCUT2D eigenvalue weighted by atomic mass is 9.82. The fourth-order valence-electron chi connectivity index (χ4n) is 3.31. The number of carbonyl (C=O) groups is 2. The molecule has 0 spiro atoms. The van der Waals surface area contributed by atoms with Crippen LogP contribution < -0.4 is 0 Å². The van der Waals surface area contributed by atoms with Gasteiger partial charge in [-0.05, 0) is 29.8 Å². The van der Waals surface area contributed by atoms with Crippen LogP contribution in [0.3, 0.4) is 0 Å². The first-order chi connectivity index (χ1) is 14.1. The summed E-state index contributed by atoms with van der Waals surface area (Å²) in [6.07, 6.45) is 0. The summed E-state index contributed by atoms with van der Waals surface area (Å²) in [5, 5.41) is 69.3. The summed E-state index contributed by atoms with van der Waals surface area (Å²) in [6.45, 7) is 0. The molecule has 0 bridgehead atoms. The molecule has 3 rings (SSSR count). The summed E-state index contributed by atoms with van der Waals surface area (Å²) in [5.41, 5.74) is -1.48. The highest BCUT2D eigenvalue weighted by Gasteiger charge is 2.30. The number of phenols is 5. The van der Waals surface area contributed by atoms with Gasteiger partial charge in [0.2, 0.25) is 0 Å². The van der Waals surface area contributed by atoms with Crippen molar-refractivity contribution in [3.8, 4) is 28.7 Å². The summed E-state index contributed by atoms with van der Waals surface area (Å²) in [7, 11) is 0. The number of phenolic OH excluding ortho intramolecular Hbond substituents is 1. The predicted molar refractivity (Wildman–Crippen MR) is 103 cm³/mol. The van der Waals surface area contributed by atoms with Crippen LogP contribution in [0.15, 0.2) is 48.5 Å². The number of aromatic carboxylic acids is 2. The summed E-state index contributed by atoms with van der Waals surface area (Å²) in [5.74, 6) is -7.55. The second-order valence-electron chi connectivity index (χ2n) is 6.43. The van der Waals surface area contributed by atoms with Crippen LogP contribution in [0, 0.1) is 0 Å². The Labute approximate surface area is 169 Å². The molecule has 0 saturated carbocycles. The molecule has 9 heteroatoms. The van der Waals surface area contributed by atoms with Crippen molar-refractivity contribution in [2.75, 3.05) is 0 Å². The highest BCUT2D eigenvalue weighted by molar-refractivity contribution is 5.96. The fraction of sp³-hybridized carbons (Fsp3) is 0.0476. The normalized spacial score (nSPS) is 10.8. The highest BCUT2D eigenvalue weighted by atomic mass is 16.4. The molecule has 30 heavy (non-hydrogen) atoms. The van der Waals surface area contributed by atoms with Crippen molar-refractivity contribution in [1.29, 1.82) is 0 Å². The largest absolute Gasteiger partial charge is 0.508 e. The molecule has 154 valence electrons. The standard InChI is InChI=1S/C21H16O9/c22-10-3-1-2-9(8-10)15(11-4-6-13(23)16(18(11)25)20(27)28)12-5-7-14(24)17(19(12)26)21(29)30/h1-8,15,22-26H,(H,27,28)(H,29,30). The minimum atomic E-state index is -1.61. The third kappa shape index (κ3) is 3.39. The molecule has 0 amide bonds. The Morgan fingerprint density at radius 2 is 1.13 bits per heavy atom. The molecule has 3 aromatic rings. The lowest BCUT2D eigenvalue weighted by Gasteiger charge is -2.23. The molecule has 0 aliphatic rings. The van der Waals surface area contributed by atoms with Crippen molar-refractivity contribution in [1.82, 2.24) is 0 Å². The minimum absolute atomic E-state index is 0.0897. The van der Waals surface area contributed by atoms with E-state index in [-0.39, 0.29) is 22.4 Å². The van der Waals surface area contributed by atoms with Gasteiger partial charge in [-0.15, -0.1) is 0 Å². The van der Waals surface area contributed by atoms with E-state index >= 15 is 0 Å². The van der Waals surface area contributed by atoms with Gasteiger partial charge in [-0.25, -0.2) is 9.59 Å². The molecule has 0 fully saturated rings. The Kier molecular flexibility index (Phi) is 5.12. The van der Waals surface area contributed by atoms with Crippen LogP contribution in [0.4, 0.5) is 0 Å². The number of carboxylic acid groups (broad SMARTS) is 2. The molecule has 0 aliphatic carbocycles. The molecule has 0 unspecified atom stereocenters. The Morgan fingerprint density at radius 3 is 1.53 bits per heavy atom. The van der Waals surface area contributed by atoms with Crippen molar-refractivity contribution in [2.24, 2.45) is 0 Å². The fourth-order valence-corrected chi connectivity index (χ4v) is 3.31. The van der Waals surface area contributed by atoms with Gasteiger partial charge in [-0.1, -0.05) is 24.3 Å². The molecule has 0 saturated heterocycles. The molecular formula is C21H16O9.